The molecule has 0 radical (unpaired) electrons. The molecule has 1 fully saturated rings. The Kier molecular flexibility index (Phi) is 6.25. The van der Waals surface area contributed by atoms with Crippen LogP contribution in [0.4, 0.5) is 21.5 Å². The van der Waals surface area contributed by atoms with Crippen LogP contribution >= 0.6 is 12.2 Å². The van der Waals surface area contributed by atoms with Crippen molar-refractivity contribution in [2.45, 2.75) is 12.8 Å². The van der Waals surface area contributed by atoms with Crippen LogP contribution in [0, 0.1) is 15.9 Å². The zero-order chi connectivity index (χ0) is 25.2. The number of nitro benzene ring substituents is 1. The number of rotatable bonds is 5. The highest BCUT2D eigenvalue weighted by molar-refractivity contribution is 7.80. The van der Waals surface area contributed by atoms with E-state index < -0.39 is 10.8 Å². The van der Waals surface area contributed by atoms with E-state index in [4.69, 9.17) is 12.2 Å². The molecule has 0 unspecified atom stereocenters. The topological polar surface area (TPSA) is 118 Å². The van der Waals surface area contributed by atoms with E-state index in [0.717, 1.165) is 25.9 Å². The minimum Gasteiger partial charge on any atom is -0.366 e. The van der Waals surface area contributed by atoms with Crippen LogP contribution in [0.2, 0.25) is 0 Å². The van der Waals surface area contributed by atoms with Crippen LogP contribution in [-0.2, 0) is 0 Å². The van der Waals surface area contributed by atoms with Gasteiger partial charge in [-0.05, 0) is 79.7 Å². The van der Waals surface area contributed by atoms with Crippen LogP contribution in [0.25, 0.3) is 16.7 Å². The molecule has 0 bridgehead atoms. The summed E-state index contributed by atoms with van der Waals surface area (Å²) in [4.78, 5) is 27.2. The molecule has 2 heterocycles. The first-order chi connectivity index (χ1) is 17.4. The summed E-state index contributed by atoms with van der Waals surface area (Å²) in [6.45, 7) is 1.50. The van der Waals surface area contributed by atoms with Crippen LogP contribution in [-0.4, -0.2) is 44.0 Å². The molecule has 3 aromatic carbocycles. The van der Waals surface area contributed by atoms with Crippen LogP contribution < -0.4 is 15.5 Å². The number of halogens is 1. The van der Waals surface area contributed by atoms with Gasteiger partial charge in [0, 0.05) is 30.4 Å². The summed E-state index contributed by atoms with van der Waals surface area (Å²) in [5.41, 5.74) is 2.88. The number of fused-ring (bicyclic) bond motifs is 1. The largest absolute Gasteiger partial charge is 0.366 e. The number of aromatic nitrogens is 3. The van der Waals surface area contributed by atoms with Gasteiger partial charge in [-0.1, -0.05) is 0 Å². The third kappa shape index (κ3) is 4.84. The highest BCUT2D eigenvalue weighted by Gasteiger charge is 2.24. The van der Waals surface area contributed by atoms with Gasteiger partial charge in [0.2, 0.25) is 0 Å². The molecular formula is C24H20FN7O3S. The Morgan fingerprint density at radius 3 is 2.44 bits per heavy atom. The molecule has 36 heavy (non-hydrogen) atoms. The molecule has 12 heteroatoms. The molecule has 0 aliphatic carbocycles. The smallest absolute Gasteiger partial charge is 0.293 e. The van der Waals surface area contributed by atoms with Crippen molar-refractivity contribution in [3.8, 4) is 5.69 Å². The van der Waals surface area contributed by atoms with E-state index >= 15 is 0 Å². The zero-order valence-electron chi connectivity index (χ0n) is 18.8. The van der Waals surface area contributed by atoms with E-state index in [1.54, 1.807) is 42.5 Å². The van der Waals surface area contributed by atoms with E-state index in [-0.39, 0.29) is 22.2 Å². The molecular weight excluding hydrogens is 485 g/mol. The van der Waals surface area contributed by atoms with E-state index in [1.807, 2.05) is 4.90 Å². The van der Waals surface area contributed by atoms with Crippen molar-refractivity contribution in [3.63, 3.8) is 0 Å². The second-order valence-electron chi connectivity index (χ2n) is 8.23. The SMILES string of the molecule is O=C(NC(=S)Nc1ccc2nn(-c3ccc(F)cc3)nc2c1)c1ccc(N2CCCC2)c([N+](=O)[O-])c1. The molecule has 2 N–H and O–H groups in total. The van der Waals surface area contributed by atoms with Gasteiger partial charge in [-0.3, -0.25) is 20.2 Å². The monoisotopic (exact) mass is 505 g/mol. The quantitative estimate of drug-likeness (QED) is 0.235. The summed E-state index contributed by atoms with van der Waals surface area (Å²) in [5, 5.41) is 25.9. The summed E-state index contributed by atoms with van der Waals surface area (Å²) >= 11 is 5.26. The first kappa shape index (κ1) is 23.3. The Balaban J connectivity index is 1.28. The number of hydrogen-bond donors (Lipinski definition) is 2. The van der Waals surface area contributed by atoms with Gasteiger partial charge in [0.25, 0.3) is 11.6 Å². The standard InChI is InChI=1S/C24H20FN7O3S/c25-16-4-7-18(8-5-16)31-28-19-9-6-17(14-20(19)29-31)26-24(36)27-23(33)15-3-10-21(22(13-15)32(34)35)30-11-1-2-12-30/h3-10,13-14H,1-2,11-12H2,(H2,26,27,33,36). The molecule has 1 aliphatic heterocycles. The number of amides is 1. The predicted molar refractivity (Wildman–Crippen MR) is 137 cm³/mol. The van der Waals surface area contributed by atoms with Crippen molar-refractivity contribution in [1.29, 1.82) is 0 Å². The van der Waals surface area contributed by atoms with E-state index in [1.165, 1.54) is 23.0 Å². The Morgan fingerprint density at radius 1 is 1.00 bits per heavy atom. The third-order valence-corrected chi connectivity index (χ3v) is 6.01. The molecule has 10 nitrogen and oxygen atoms in total. The number of carbonyl (C=O) groups excluding carboxylic acids is 1. The fourth-order valence-electron chi connectivity index (χ4n) is 4.06. The number of hydrogen-bond acceptors (Lipinski definition) is 7. The lowest BCUT2D eigenvalue weighted by Gasteiger charge is -2.18. The summed E-state index contributed by atoms with van der Waals surface area (Å²) in [6, 6.07) is 15.4. The maximum atomic E-state index is 13.2. The lowest BCUT2D eigenvalue weighted by Crippen LogP contribution is -2.34. The number of nitrogens with one attached hydrogen (secondary N) is 2. The second-order valence-corrected chi connectivity index (χ2v) is 8.64. The molecule has 1 aromatic heterocycles. The average Bonchev–Trinajstić information content (AvgIpc) is 3.54. The predicted octanol–water partition coefficient (Wildman–Crippen LogP) is 4.19. The van der Waals surface area contributed by atoms with Gasteiger partial charge >= 0.3 is 0 Å². The molecule has 1 amide bonds. The fraction of sp³-hybridized carbons (Fsp3) is 0.167. The first-order valence-electron chi connectivity index (χ1n) is 11.2. The van der Waals surface area contributed by atoms with Crippen molar-refractivity contribution in [2.24, 2.45) is 0 Å². The van der Waals surface area contributed by atoms with Gasteiger partial charge < -0.3 is 10.2 Å². The van der Waals surface area contributed by atoms with E-state index in [0.29, 0.717) is 28.1 Å². The zero-order valence-corrected chi connectivity index (χ0v) is 19.7. The average molecular weight is 506 g/mol. The number of thiocarbonyl (C=S) groups is 1. The fourth-order valence-corrected chi connectivity index (χ4v) is 4.27. The highest BCUT2D eigenvalue weighted by atomic mass is 32.1. The lowest BCUT2D eigenvalue weighted by molar-refractivity contribution is -0.384. The van der Waals surface area contributed by atoms with Crippen LogP contribution in [0.3, 0.4) is 0 Å². The second kappa shape index (κ2) is 9.66. The van der Waals surface area contributed by atoms with Crippen molar-refractivity contribution >= 4 is 51.3 Å². The molecule has 5 rings (SSSR count). The van der Waals surface area contributed by atoms with Gasteiger partial charge in [0.15, 0.2) is 5.11 Å². The van der Waals surface area contributed by atoms with Gasteiger partial charge in [0.1, 0.15) is 22.5 Å². The number of carbonyl (C=O) groups is 1. The maximum Gasteiger partial charge on any atom is 0.293 e. The van der Waals surface area contributed by atoms with E-state index in [9.17, 15) is 19.3 Å². The lowest BCUT2D eigenvalue weighted by atomic mass is 10.1. The minimum absolute atomic E-state index is 0.0246. The Bertz CT molecular complexity index is 1480. The number of nitro groups is 1. The molecule has 0 spiro atoms. The van der Waals surface area contributed by atoms with Crippen molar-refractivity contribution in [1.82, 2.24) is 20.3 Å². The Hall–Kier alpha value is -4.45. The Morgan fingerprint density at radius 2 is 1.72 bits per heavy atom. The van der Waals surface area contributed by atoms with E-state index in [2.05, 4.69) is 20.8 Å². The molecule has 0 atom stereocenters. The van der Waals surface area contributed by atoms with Crippen molar-refractivity contribution in [3.05, 3.63) is 82.2 Å². The minimum atomic E-state index is -0.563. The molecule has 0 saturated carbocycles. The van der Waals surface area contributed by atoms with Gasteiger partial charge in [-0.15, -0.1) is 10.2 Å². The number of anilines is 2. The van der Waals surface area contributed by atoms with Crippen LogP contribution in [0.15, 0.2) is 60.7 Å². The maximum absolute atomic E-state index is 13.2. The van der Waals surface area contributed by atoms with Gasteiger partial charge in [-0.25, -0.2) is 4.39 Å². The van der Waals surface area contributed by atoms with Crippen LogP contribution in [0.1, 0.15) is 23.2 Å². The number of benzene rings is 3. The third-order valence-electron chi connectivity index (χ3n) is 5.80. The highest BCUT2D eigenvalue weighted by Crippen LogP contribution is 2.31. The molecule has 1 aliphatic rings. The van der Waals surface area contributed by atoms with Gasteiger partial charge in [-0.2, -0.15) is 4.80 Å². The van der Waals surface area contributed by atoms with Crippen molar-refractivity contribution < 1.29 is 14.1 Å². The Labute approximate surface area is 209 Å². The number of nitrogens with zero attached hydrogens (tertiary/aromatic N) is 5. The molecule has 4 aromatic rings. The first-order valence-corrected chi connectivity index (χ1v) is 11.6. The molecule has 182 valence electrons. The van der Waals surface area contributed by atoms with Crippen molar-refractivity contribution in [2.75, 3.05) is 23.3 Å². The summed E-state index contributed by atoms with van der Waals surface area (Å²) in [7, 11) is 0. The van der Waals surface area contributed by atoms with Crippen LogP contribution in [0.5, 0.6) is 0 Å². The summed E-state index contributed by atoms with van der Waals surface area (Å²) in [5.74, 6) is -0.915. The summed E-state index contributed by atoms with van der Waals surface area (Å²) < 4.78 is 13.2. The normalized spacial score (nSPS) is 13.1. The molecule has 1 saturated heterocycles. The van der Waals surface area contributed by atoms with Gasteiger partial charge in [0.05, 0.1) is 10.6 Å². The summed E-state index contributed by atoms with van der Waals surface area (Å²) in [6.07, 6.45) is 1.96.